The molecular formula is C20H28N6O3S. The van der Waals surface area contributed by atoms with Crippen molar-refractivity contribution in [1.29, 1.82) is 0 Å². The Kier molecular flexibility index (Phi) is 5.35. The zero-order valence-corrected chi connectivity index (χ0v) is 17.5. The number of nitrogens with one attached hydrogen (secondary N) is 1. The molecule has 3 heterocycles. The van der Waals surface area contributed by atoms with E-state index in [0.717, 1.165) is 25.1 Å². The normalized spacial score (nSPS) is 14.7. The zero-order chi connectivity index (χ0) is 21.3. The largest absolute Gasteiger partial charge is 0.415 e. The van der Waals surface area contributed by atoms with Crippen LogP contribution in [0.3, 0.4) is 0 Å². The van der Waals surface area contributed by atoms with Crippen molar-refractivity contribution in [1.82, 2.24) is 25.5 Å². The number of nitrogen functional groups attached to an aromatic ring is 1. The Morgan fingerprint density at radius 1 is 1.17 bits per heavy atom. The van der Waals surface area contributed by atoms with Crippen LogP contribution in [0.5, 0.6) is 0 Å². The maximum atomic E-state index is 12.3. The highest BCUT2D eigenvalue weighted by atomic mass is 32.2. The van der Waals surface area contributed by atoms with Gasteiger partial charge in [0, 0.05) is 22.0 Å². The number of nitrogens with two attached hydrogens (primary N) is 1. The third kappa shape index (κ3) is 3.83. The van der Waals surface area contributed by atoms with Crippen molar-refractivity contribution in [3.8, 4) is 22.8 Å². The van der Waals surface area contributed by atoms with Crippen molar-refractivity contribution < 1.29 is 17.1 Å². The summed E-state index contributed by atoms with van der Waals surface area (Å²) in [5, 5.41) is 10.9. The summed E-state index contributed by atoms with van der Waals surface area (Å²) in [5.41, 5.74) is 8.49. The smallest absolute Gasteiger partial charge is 0.270 e. The van der Waals surface area contributed by atoms with Crippen LogP contribution in [-0.4, -0.2) is 46.9 Å². The number of anilines is 1. The van der Waals surface area contributed by atoms with Crippen molar-refractivity contribution in [3.63, 3.8) is 0 Å². The van der Waals surface area contributed by atoms with Crippen molar-refractivity contribution in [3.05, 3.63) is 42.4 Å². The zero-order valence-electron chi connectivity index (χ0n) is 16.7. The molecule has 0 aliphatic carbocycles. The molecule has 4 rings (SSSR count). The Balaban J connectivity index is 0.00000181. The lowest BCUT2D eigenvalue weighted by Gasteiger charge is -2.10. The number of hydrogen-bond acceptors (Lipinski definition) is 9. The number of hydrogen-bond donors (Lipinski definition) is 2. The molecule has 1 aromatic carbocycles. The molecule has 0 saturated carbocycles. The van der Waals surface area contributed by atoms with E-state index in [1.54, 1.807) is 38.1 Å². The van der Waals surface area contributed by atoms with Gasteiger partial charge in [-0.05, 0) is 38.9 Å². The fraction of sp³-hybridized carbons (Fsp3) is 0.300. The van der Waals surface area contributed by atoms with Gasteiger partial charge in [-0.15, -0.1) is 10.2 Å². The molecule has 162 valence electrons. The van der Waals surface area contributed by atoms with E-state index in [4.69, 9.17) is 10.2 Å². The lowest BCUT2D eigenvalue weighted by atomic mass is 10.1. The molecule has 0 saturated heterocycles. The van der Waals surface area contributed by atoms with Crippen LogP contribution >= 0.6 is 0 Å². The van der Waals surface area contributed by atoms with Gasteiger partial charge in [-0.1, -0.05) is 18.2 Å². The molecule has 9 nitrogen and oxygen atoms in total. The van der Waals surface area contributed by atoms with Crippen LogP contribution in [0.2, 0.25) is 0 Å². The second kappa shape index (κ2) is 7.96. The molecule has 30 heavy (non-hydrogen) atoms. The predicted octanol–water partition coefficient (Wildman–Crippen LogP) is 3.07. The summed E-state index contributed by atoms with van der Waals surface area (Å²) in [6.07, 6.45) is 4.34. The minimum absolute atomic E-state index is 0. The van der Waals surface area contributed by atoms with E-state index in [2.05, 4.69) is 25.5 Å². The molecule has 0 atom stereocenters. The molecule has 0 radical (unpaired) electrons. The molecule has 1 aliphatic heterocycles. The molecule has 2 aromatic heterocycles. The van der Waals surface area contributed by atoms with Gasteiger partial charge in [0.1, 0.15) is 0 Å². The Bertz CT molecular complexity index is 1210. The van der Waals surface area contributed by atoms with Gasteiger partial charge in [0.25, 0.3) is 5.89 Å². The van der Waals surface area contributed by atoms with Gasteiger partial charge >= 0.3 is 0 Å². The second-order valence-corrected chi connectivity index (χ2v) is 9.71. The Hall–Kier alpha value is -3.11. The van der Waals surface area contributed by atoms with Gasteiger partial charge in [0.15, 0.2) is 21.3 Å². The topological polar surface area (TPSA) is 137 Å². The van der Waals surface area contributed by atoms with Crippen molar-refractivity contribution in [2.24, 2.45) is 0 Å². The van der Waals surface area contributed by atoms with Crippen LogP contribution in [0.4, 0.5) is 5.82 Å². The van der Waals surface area contributed by atoms with Crippen LogP contribution in [0.25, 0.3) is 28.4 Å². The van der Waals surface area contributed by atoms with Gasteiger partial charge in [0.05, 0.1) is 22.0 Å². The SMILES string of the molecule is CC(C)S(=O)(=O)c1ccc(-c2cnc(N)c(-c3nnc(C4=CCNCC4)o3)n2)cc1.[HH].[HH].[HH]. The highest BCUT2D eigenvalue weighted by Gasteiger charge is 2.20. The van der Waals surface area contributed by atoms with Gasteiger partial charge in [-0.3, -0.25) is 0 Å². The van der Waals surface area contributed by atoms with Gasteiger partial charge in [-0.2, -0.15) is 0 Å². The minimum Gasteiger partial charge on any atom is -0.415 e. The number of rotatable bonds is 5. The molecule has 0 fully saturated rings. The van der Waals surface area contributed by atoms with Gasteiger partial charge in [0.2, 0.25) is 5.89 Å². The van der Waals surface area contributed by atoms with Crippen molar-refractivity contribution in [2.45, 2.75) is 30.4 Å². The van der Waals surface area contributed by atoms with Crippen LogP contribution in [-0.2, 0) is 9.84 Å². The molecule has 3 N–H and O–H groups in total. The first kappa shape index (κ1) is 20.2. The first-order valence-corrected chi connectivity index (χ1v) is 11.1. The predicted molar refractivity (Wildman–Crippen MR) is 119 cm³/mol. The van der Waals surface area contributed by atoms with Gasteiger partial charge in [-0.25, -0.2) is 18.4 Å². The lowest BCUT2D eigenvalue weighted by Crippen LogP contribution is -2.20. The summed E-state index contributed by atoms with van der Waals surface area (Å²) in [6.45, 7) is 4.91. The summed E-state index contributed by atoms with van der Waals surface area (Å²) in [6, 6.07) is 6.52. The molecule has 0 bridgehead atoms. The number of aromatic nitrogens is 4. The Morgan fingerprint density at radius 3 is 2.57 bits per heavy atom. The van der Waals surface area contributed by atoms with E-state index in [1.807, 2.05) is 6.08 Å². The fourth-order valence-corrected chi connectivity index (χ4v) is 4.11. The maximum Gasteiger partial charge on any atom is 0.270 e. The molecule has 0 unspecified atom stereocenters. The fourth-order valence-electron chi connectivity index (χ4n) is 3.05. The van der Waals surface area contributed by atoms with Crippen LogP contribution in [0, 0.1) is 0 Å². The first-order chi connectivity index (χ1) is 14.4. The lowest BCUT2D eigenvalue weighted by molar-refractivity contribution is 0.544. The summed E-state index contributed by atoms with van der Waals surface area (Å²) in [4.78, 5) is 9.00. The molecule has 1 aliphatic rings. The first-order valence-electron chi connectivity index (χ1n) is 9.57. The standard InChI is InChI=1S/C20H22N6O3S.3H2/c1-12(2)30(27,28)15-5-3-13(4-6-15)16-11-23-18(21)17(24-16)20-26-25-19(29-20)14-7-9-22-10-8-14;;;/h3-7,11-12,22H,8-10H2,1-2H3,(H2,21,23);3*1H. The van der Waals surface area contributed by atoms with E-state index in [-0.39, 0.29) is 20.9 Å². The molecular weight excluding hydrogens is 404 g/mol. The van der Waals surface area contributed by atoms with Crippen molar-refractivity contribution in [2.75, 3.05) is 18.8 Å². The summed E-state index contributed by atoms with van der Waals surface area (Å²) in [5.74, 6) is 0.809. The Morgan fingerprint density at radius 2 is 1.90 bits per heavy atom. The maximum absolute atomic E-state index is 12.3. The summed E-state index contributed by atoms with van der Waals surface area (Å²) in [7, 11) is -3.34. The van der Waals surface area contributed by atoms with E-state index < -0.39 is 15.1 Å². The van der Waals surface area contributed by atoms with Gasteiger partial charge < -0.3 is 15.5 Å². The molecule has 0 amide bonds. The van der Waals surface area contributed by atoms with Crippen LogP contribution in [0.1, 0.15) is 30.4 Å². The van der Waals surface area contributed by atoms with E-state index >= 15 is 0 Å². The molecule has 0 spiro atoms. The molecule has 3 aromatic rings. The van der Waals surface area contributed by atoms with Crippen LogP contribution < -0.4 is 11.1 Å². The number of nitrogens with zero attached hydrogens (tertiary/aromatic N) is 4. The molecule has 10 heteroatoms. The quantitative estimate of drug-likeness (QED) is 0.623. The number of benzene rings is 1. The van der Waals surface area contributed by atoms with Crippen molar-refractivity contribution >= 4 is 21.2 Å². The summed E-state index contributed by atoms with van der Waals surface area (Å²) < 4.78 is 30.4. The Labute approximate surface area is 178 Å². The highest BCUT2D eigenvalue weighted by Crippen LogP contribution is 2.28. The minimum atomic E-state index is -3.34. The second-order valence-electron chi connectivity index (χ2n) is 7.20. The monoisotopic (exact) mass is 432 g/mol. The van der Waals surface area contributed by atoms with E-state index in [1.165, 1.54) is 6.20 Å². The average molecular weight is 433 g/mol. The number of sulfone groups is 1. The van der Waals surface area contributed by atoms with E-state index in [0.29, 0.717) is 22.8 Å². The summed E-state index contributed by atoms with van der Waals surface area (Å²) >= 11 is 0. The highest BCUT2D eigenvalue weighted by molar-refractivity contribution is 7.92. The third-order valence-corrected chi connectivity index (χ3v) is 7.04. The van der Waals surface area contributed by atoms with Crippen LogP contribution in [0.15, 0.2) is 45.9 Å². The average Bonchev–Trinajstić information content (AvgIpc) is 3.25. The third-order valence-electron chi connectivity index (χ3n) is 4.87. The van der Waals surface area contributed by atoms with E-state index in [9.17, 15) is 8.42 Å².